The molecule has 2 aromatic rings. The Morgan fingerprint density at radius 1 is 1.29 bits per heavy atom. The topological polar surface area (TPSA) is 39.2 Å². The predicted octanol–water partition coefficient (Wildman–Crippen LogP) is 2.94. The van der Waals surface area contributed by atoms with Gasteiger partial charge in [0.1, 0.15) is 11.5 Å². The van der Waals surface area contributed by atoms with E-state index in [0.29, 0.717) is 10.9 Å². The zero-order chi connectivity index (χ0) is 12.4. The number of fused-ring (bicyclic) bond motifs is 1. The van der Waals surface area contributed by atoms with Crippen LogP contribution in [0, 0.1) is 5.82 Å². The number of ether oxygens (including phenoxy) is 1. The largest absolute Gasteiger partial charge is 0.458 e. The number of hydrogen-bond donors (Lipinski definition) is 0. The Hall–Kier alpha value is -1.97. The van der Waals surface area contributed by atoms with E-state index in [9.17, 15) is 9.18 Å². The first-order valence-electron chi connectivity index (χ1n) is 5.34. The Kier molecular flexibility index (Phi) is 3.04. The number of carbonyl (C=O) groups is 1. The van der Waals surface area contributed by atoms with Crippen LogP contribution < -0.4 is 0 Å². The summed E-state index contributed by atoms with van der Waals surface area (Å²) in [7, 11) is 0. The van der Waals surface area contributed by atoms with Crippen LogP contribution in [0.3, 0.4) is 0 Å². The lowest BCUT2D eigenvalue weighted by atomic mass is 10.2. The molecule has 0 spiro atoms. The predicted molar refractivity (Wildman–Crippen MR) is 62.3 cm³/mol. The minimum atomic E-state index is -0.494. The van der Waals surface area contributed by atoms with Crippen molar-refractivity contribution in [2.24, 2.45) is 0 Å². The van der Waals surface area contributed by atoms with Crippen molar-refractivity contribution in [1.29, 1.82) is 0 Å². The van der Waals surface area contributed by atoms with Gasteiger partial charge in [-0.25, -0.2) is 14.2 Å². The van der Waals surface area contributed by atoms with Crippen LogP contribution in [0.1, 0.15) is 24.3 Å². The van der Waals surface area contributed by atoms with E-state index in [1.807, 2.05) is 0 Å². The maximum atomic E-state index is 13.4. The molecule has 1 heterocycles. The molecule has 88 valence electrons. The van der Waals surface area contributed by atoms with Gasteiger partial charge in [0, 0.05) is 5.39 Å². The average molecular weight is 233 g/mol. The third-order valence-corrected chi connectivity index (χ3v) is 2.23. The van der Waals surface area contributed by atoms with Crippen LogP contribution in [0.4, 0.5) is 4.39 Å². The molecule has 0 unspecified atom stereocenters. The van der Waals surface area contributed by atoms with Crippen molar-refractivity contribution in [1.82, 2.24) is 4.98 Å². The first-order valence-corrected chi connectivity index (χ1v) is 5.34. The van der Waals surface area contributed by atoms with E-state index in [2.05, 4.69) is 4.98 Å². The number of benzene rings is 1. The van der Waals surface area contributed by atoms with Gasteiger partial charge in [0.15, 0.2) is 0 Å². The molecule has 0 saturated carbocycles. The number of aromatic nitrogens is 1. The van der Waals surface area contributed by atoms with E-state index in [1.165, 1.54) is 18.2 Å². The summed E-state index contributed by atoms with van der Waals surface area (Å²) in [5.41, 5.74) is 0.639. The lowest BCUT2D eigenvalue weighted by Crippen LogP contribution is -2.13. The number of esters is 1. The molecule has 3 nitrogen and oxygen atoms in total. The molecule has 1 aromatic heterocycles. The van der Waals surface area contributed by atoms with Gasteiger partial charge < -0.3 is 4.74 Å². The highest BCUT2D eigenvalue weighted by Crippen LogP contribution is 2.16. The molecule has 0 atom stereocenters. The molecule has 2 rings (SSSR count). The summed E-state index contributed by atoms with van der Waals surface area (Å²) in [4.78, 5) is 15.7. The van der Waals surface area contributed by atoms with Gasteiger partial charge in [-0.2, -0.15) is 0 Å². The molecular weight excluding hydrogens is 221 g/mol. The standard InChI is InChI=1S/C13H12FNO2/c1-8(2)17-13(16)12-7-6-9-10(14)4-3-5-11(9)15-12/h3-8H,1-2H3. The zero-order valence-electron chi connectivity index (χ0n) is 9.61. The summed E-state index contributed by atoms with van der Waals surface area (Å²) in [6, 6.07) is 7.58. The van der Waals surface area contributed by atoms with Crippen molar-refractivity contribution >= 4 is 16.9 Å². The number of halogens is 1. The van der Waals surface area contributed by atoms with Gasteiger partial charge in [-0.3, -0.25) is 0 Å². The molecule has 0 N–H and O–H groups in total. The first-order chi connectivity index (χ1) is 8.08. The van der Waals surface area contributed by atoms with E-state index >= 15 is 0 Å². The van der Waals surface area contributed by atoms with E-state index < -0.39 is 5.97 Å². The second-order valence-corrected chi connectivity index (χ2v) is 3.96. The van der Waals surface area contributed by atoms with Gasteiger partial charge >= 0.3 is 5.97 Å². The van der Waals surface area contributed by atoms with Crippen LogP contribution in [0.15, 0.2) is 30.3 Å². The molecule has 0 saturated heterocycles. The Balaban J connectivity index is 2.42. The van der Waals surface area contributed by atoms with Crippen molar-refractivity contribution in [3.05, 3.63) is 41.8 Å². The van der Waals surface area contributed by atoms with Crippen molar-refractivity contribution < 1.29 is 13.9 Å². The minimum absolute atomic E-state index is 0.191. The number of carbonyl (C=O) groups excluding carboxylic acids is 1. The molecule has 0 aliphatic rings. The van der Waals surface area contributed by atoms with Gasteiger partial charge in [-0.05, 0) is 38.1 Å². The molecule has 0 radical (unpaired) electrons. The summed E-state index contributed by atoms with van der Waals surface area (Å²) < 4.78 is 18.4. The monoisotopic (exact) mass is 233 g/mol. The average Bonchev–Trinajstić information content (AvgIpc) is 2.28. The van der Waals surface area contributed by atoms with Gasteiger partial charge in [0.05, 0.1) is 11.6 Å². The van der Waals surface area contributed by atoms with Gasteiger partial charge in [0.2, 0.25) is 0 Å². The summed E-state index contributed by atoms with van der Waals surface area (Å²) >= 11 is 0. The molecule has 0 fully saturated rings. The molecule has 0 aliphatic heterocycles. The fourth-order valence-corrected chi connectivity index (χ4v) is 1.51. The smallest absolute Gasteiger partial charge is 0.357 e. The zero-order valence-corrected chi connectivity index (χ0v) is 9.61. The SMILES string of the molecule is CC(C)OC(=O)c1ccc2c(F)cccc2n1. The van der Waals surface area contributed by atoms with Crippen LogP contribution in [0.2, 0.25) is 0 Å². The molecule has 1 aromatic carbocycles. The fourth-order valence-electron chi connectivity index (χ4n) is 1.51. The third-order valence-electron chi connectivity index (χ3n) is 2.23. The molecule has 0 aliphatic carbocycles. The number of nitrogens with zero attached hydrogens (tertiary/aromatic N) is 1. The minimum Gasteiger partial charge on any atom is -0.458 e. The van der Waals surface area contributed by atoms with Crippen LogP contribution in [-0.2, 0) is 4.74 Å². The van der Waals surface area contributed by atoms with Crippen molar-refractivity contribution in [3.63, 3.8) is 0 Å². The van der Waals surface area contributed by atoms with Crippen LogP contribution in [0.25, 0.3) is 10.9 Å². The van der Waals surface area contributed by atoms with Crippen LogP contribution in [-0.4, -0.2) is 17.1 Å². The van der Waals surface area contributed by atoms with Gasteiger partial charge in [-0.1, -0.05) is 6.07 Å². The fraction of sp³-hybridized carbons (Fsp3) is 0.231. The second kappa shape index (κ2) is 4.49. The Labute approximate surface area is 98.2 Å². The first kappa shape index (κ1) is 11.5. The third kappa shape index (κ3) is 2.41. The van der Waals surface area contributed by atoms with Crippen LogP contribution in [0.5, 0.6) is 0 Å². The lowest BCUT2D eigenvalue weighted by molar-refractivity contribution is 0.0371. The molecule has 0 bridgehead atoms. The van der Waals surface area contributed by atoms with E-state index in [4.69, 9.17) is 4.74 Å². The number of pyridine rings is 1. The van der Waals surface area contributed by atoms with E-state index in [1.54, 1.807) is 26.0 Å². The number of hydrogen-bond acceptors (Lipinski definition) is 3. The van der Waals surface area contributed by atoms with E-state index in [-0.39, 0.29) is 17.6 Å². The molecule has 0 amide bonds. The summed E-state index contributed by atoms with van der Waals surface area (Å²) in [6.07, 6.45) is -0.201. The summed E-state index contributed by atoms with van der Waals surface area (Å²) in [5, 5.41) is 0.397. The van der Waals surface area contributed by atoms with Gasteiger partial charge in [0.25, 0.3) is 0 Å². The molecule has 17 heavy (non-hydrogen) atoms. The molecule has 4 heteroatoms. The maximum Gasteiger partial charge on any atom is 0.357 e. The second-order valence-electron chi connectivity index (χ2n) is 3.96. The summed E-state index contributed by atoms with van der Waals surface area (Å²) in [6.45, 7) is 3.53. The van der Waals surface area contributed by atoms with Crippen molar-refractivity contribution in [2.45, 2.75) is 20.0 Å². The highest BCUT2D eigenvalue weighted by atomic mass is 19.1. The normalized spacial score (nSPS) is 10.8. The Morgan fingerprint density at radius 3 is 2.76 bits per heavy atom. The number of rotatable bonds is 2. The van der Waals surface area contributed by atoms with Crippen molar-refractivity contribution in [3.8, 4) is 0 Å². The molecular formula is C13H12FNO2. The van der Waals surface area contributed by atoms with Crippen LogP contribution >= 0.6 is 0 Å². The maximum absolute atomic E-state index is 13.4. The lowest BCUT2D eigenvalue weighted by Gasteiger charge is -2.07. The highest BCUT2D eigenvalue weighted by Gasteiger charge is 2.12. The highest BCUT2D eigenvalue weighted by molar-refractivity contribution is 5.91. The quantitative estimate of drug-likeness (QED) is 0.748. The van der Waals surface area contributed by atoms with Gasteiger partial charge in [-0.15, -0.1) is 0 Å². The van der Waals surface area contributed by atoms with Crippen molar-refractivity contribution in [2.75, 3.05) is 0 Å². The summed E-state index contributed by atoms with van der Waals surface area (Å²) in [5.74, 6) is -0.843. The van der Waals surface area contributed by atoms with E-state index in [0.717, 1.165) is 0 Å². The Morgan fingerprint density at radius 2 is 2.06 bits per heavy atom. The Bertz CT molecular complexity index is 566.